The van der Waals surface area contributed by atoms with Crippen LogP contribution in [0.25, 0.3) is 0 Å². The number of amidine groups is 1. The van der Waals surface area contributed by atoms with Gasteiger partial charge in [0.15, 0.2) is 0 Å². The van der Waals surface area contributed by atoms with Crippen LogP contribution in [0.4, 0.5) is 0 Å². The van der Waals surface area contributed by atoms with Crippen LogP contribution in [-0.2, 0) is 6.54 Å². The summed E-state index contributed by atoms with van der Waals surface area (Å²) in [6, 6.07) is 0. The highest BCUT2D eigenvalue weighted by molar-refractivity contribution is 5.80. The topological polar surface area (TPSA) is 69.1 Å². The summed E-state index contributed by atoms with van der Waals surface area (Å²) >= 11 is 0. The smallest absolute Gasteiger partial charge is 0.0936 e. The lowest BCUT2D eigenvalue weighted by molar-refractivity contribution is 0.564. The van der Waals surface area contributed by atoms with E-state index < -0.39 is 0 Å². The molecule has 0 aliphatic heterocycles. The SMILES string of the molecule is CCCC(N)=NCCCn1ccnn1. The Bertz CT molecular complexity index is 265. The molecule has 14 heavy (non-hydrogen) atoms. The number of rotatable bonds is 6. The van der Waals surface area contributed by atoms with Crippen LogP contribution in [0.1, 0.15) is 26.2 Å². The minimum Gasteiger partial charge on any atom is -0.387 e. The van der Waals surface area contributed by atoms with Gasteiger partial charge in [0.05, 0.1) is 12.0 Å². The third-order valence-electron chi connectivity index (χ3n) is 1.84. The number of hydrogen-bond acceptors (Lipinski definition) is 3. The fraction of sp³-hybridized carbons (Fsp3) is 0.667. The molecule has 0 fully saturated rings. The van der Waals surface area contributed by atoms with E-state index in [-0.39, 0.29) is 0 Å². The monoisotopic (exact) mass is 195 g/mol. The Kier molecular flexibility index (Phi) is 4.68. The summed E-state index contributed by atoms with van der Waals surface area (Å²) in [5.41, 5.74) is 5.66. The minimum atomic E-state index is 0.756. The minimum absolute atomic E-state index is 0.756. The molecular weight excluding hydrogens is 178 g/mol. The fourth-order valence-electron chi connectivity index (χ4n) is 1.14. The molecule has 5 nitrogen and oxygen atoms in total. The van der Waals surface area contributed by atoms with Crippen molar-refractivity contribution in [2.75, 3.05) is 6.54 Å². The molecule has 0 unspecified atom stereocenters. The third-order valence-corrected chi connectivity index (χ3v) is 1.84. The summed E-state index contributed by atoms with van der Waals surface area (Å²) in [5, 5.41) is 7.57. The van der Waals surface area contributed by atoms with E-state index in [2.05, 4.69) is 22.2 Å². The Morgan fingerprint density at radius 3 is 3.07 bits per heavy atom. The molecule has 78 valence electrons. The Morgan fingerprint density at radius 1 is 1.57 bits per heavy atom. The van der Waals surface area contributed by atoms with Gasteiger partial charge in [-0.2, -0.15) is 0 Å². The Morgan fingerprint density at radius 2 is 2.43 bits per heavy atom. The molecule has 0 radical (unpaired) electrons. The van der Waals surface area contributed by atoms with Gasteiger partial charge in [-0.3, -0.25) is 9.67 Å². The summed E-state index contributed by atoms with van der Waals surface area (Å²) in [4.78, 5) is 4.25. The van der Waals surface area contributed by atoms with E-state index in [1.165, 1.54) is 0 Å². The average molecular weight is 195 g/mol. The molecule has 0 amide bonds. The summed E-state index contributed by atoms with van der Waals surface area (Å²) in [6.07, 6.45) is 6.42. The zero-order chi connectivity index (χ0) is 10.2. The van der Waals surface area contributed by atoms with Gasteiger partial charge in [-0.15, -0.1) is 5.10 Å². The molecule has 1 rings (SSSR count). The Balaban J connectivity index is 2.13. The third kappa shape index (κ3) is 4.02. The lowest BCUT2D eigenvalue weighted by Gasteiger charge is -1.99. The lowest BCUT2D eigenvalue weighted by Crippen LogP contribution is -2.12. The molecule has 0 atom stereocenters. The number of nitrogens with zero attached hydrogens (tertiary/aromatic N) is 4. The van der Waals surface area contributed by atoms with Crippen LogP contribution in [0.3, 0.4) is 0 Å². The van der Waals surface area contributed by atoms with Gasteiger partial charge in [0.1, 0.15) is 0 Å². The highest BCUT2D eigenvalue weighted by Gasteiger charge is 1.92. The van der Waals surface area contributed by atoms with Crippen molar-refractivity contribution in [1.29, 1.82) is 0 Å². The highest BCUT2D eigenvalue weighted by Crippen LogP contribution is 1.91. The summed E-state index contributed by atoms with van der Waals surface area (Å²) in [7, 11) is 0. The van der Waals surface area contributed by atoms with Crippen LogP contribution in [0.15, 0.2) is 17.4 Å². The first-order valence-corrected chi connectivity index (χ1v) is 4.96. The summed E-state index contributed by atoms with van der Waals surface area (Å²) in [5.74, 6) is 0.756. The molecule has 1 aromatic rings. The molecular formula is C9H17N5. The molecule has 0 spiro atoms. The van der Waals surface area contributed by atoms with Crippen molar-refractivity contribution in [3.8, 4) is 0 Å². The molecule has 1 aromatic heterocycles. The standard InChI is InChI=1S/C9H17N5/c1-2-4-9(10)11-5-3-7-14-8-6-12-13-14/h6,8H,2-5,7H2,1H3,(H2,10,11). The Labute approximate surface area is 84.0 Å². The van der Waals surface area contributed by atoms with Crippen LogP contribution in [0.2, 0.25) is 0 Å². The van der Waals surface area contributed by atoms with Crippen LogP contribution in [0.5, 0.6) is 0 Å². The molecule has 1 heterocycles. The van der Waals surface area contributed by atoms with Crippen molar-refractivity contribution in [3.63, 3.8) is 0 Å². The molecule has 0 aliphatic carbocycles. The van der Waals surface area contributed by atoms with Crippen molar-refractivity contribution in [1.82, 2.24) is 15.0 Å². The van der Waals surface area contributed by atoms with E-state index in [4.69, 9.17) is 5.73 Å². The molecule has 2 N–H and O–H groups in total. The maximum absolute atomic E-state index is 5.66. The molecule has 0 aliphatic rings. The van der Waals surface area contributed by atoms with Gasteiger partial charge in [-0.05, 0) is 12.8 Å². The predicted molar refractivity (Wildman–Crippen MR) is 56.0 cm³/mol. The second-order valence-corrected chi connectivity index (χ2v) is 3.14. The van der Waals surface area contributed by atoms with Crippen molar-refractivity contribution in [2.45, 2.75) is 32.7 Å². The zero-order valence-corrected chi connectivity index (χ0v) is 8.56. The second kappa shape index (κ2) is 6.12. The first-order valence-electron chi connectivity index (χ1n) is 4.96. The van der Waals surface area contributed by atoms with Crippen LogP contribution in [-0.4, -0.2) is 27.4 Å². The Hall–Kier alpha value is -1.39. The van der Waals surface area contributed by atoms with Crippen molar-refractivity contribution < 1.29 is 0 Å². The van der Waals surface area contributed by atoms with Crippen molar-refractivity contribution in [3.05, 3.63) is 12.4 Å². The maximum atomic E-state index is 5.66. The van der Waals surface area contributed by atoms with E-state index in [0.29, 0.717) is 0 Å². The van der Waals surface area contributed by atoms with Gasteiger partial charge < -0.3 is 5.73 Å². The predicted octanol–water partition coefficient (Wildman–Crippen LogP) is 0.826. The van der Waals surface area contributed by atoms with E-state index in [0.717, 1.165) is 38.2 Å². The van der Waals surface area contributed by atoms with E-state index >= 15 is 0 Å². The molecule has 5 heteroatoms. The van der Waals surface area contributed by atoms with Gasteiger partial charge in [0.25, 0.3) is 0 Å². The highest BCUT2D eigenvalue weighted by atomic mass is 15.4. The van der Waals surface area contributed by atoms with E-state index in [9.17, 15) is 0 Å². The quantitative estimate of drug-likeness (QED) is 0.415. The number of aromatic nitrogens is 3. The second-order valence-electron chi connectivity index (χ2n) is 3.14. The average Bonchev–Trinajstić information content (AvgIpc) is 2.65. The van der Waals surface area contributed by atoms with E-state index in [1.54, 1.807) is 10.9 Å². The van der Waals surface area contributed by atoms with Crippen molar-refractivity contribution >= 4 is 5.84 Å². The zero-order valence-electron chi connectivity index (χ0n) is 8.56. The number of aryl methyl sites for hydroxylation is 1. The normalized spacial score (nSPS) is 11.9. The van der Waals surface area contributed by atoms with E-state index in [1.807, 2.05) is 6.20 Å². The van der Waals surface area contributed by atoms with Crippen LogP contribution >= 0.6 is 0 Å². The summed E-state index contributed by atoms with van der Waals surface area (Å²) < 4.78 is 1.80. The van der Waals surface area contributed by atoms with Crippen LogP contribution < -0.4 is 5.73 Å². The first-order chi connectivity index (χ1) is 6.83. The molecule has 0 saturated heterocycles. The van der Waals surface area contributed by atoms with Gasteiger partial charge in [-0.1, -0.05) is 12.1 Å². The molecule has 0 saturated carbocycles. The van der Waals surface area contributed by atoms with Gasteiger partial charge in [-0.25, -0.2) is 0 Å². The first kappa shape index (κ1) is 10.7. The fourth-order valence-corrected chi connectivity index (χ4v) is 1.14. The number of aliphatic imine (C=N–C) groups is 1. The molecule has 0 aromatic carbocycles. The largest absolute Gasteiger partial charge is 0.387 e. The summed E-state index contributed by atoms with van der Waals surface area (Å²) in [6.45, 7) is 3.71. The van der Waals surface area contributed by atoms with Gasteiger partial charge in [0.2, 0.25) is 0 Å². The lowest BCUT2D eigenvalue weighted by atomic mass is 10.3. The number of nitrogens with two attached hydrogens (primary N) is 1. The van der Waals surface area contributed by atoms with Crippen molar-refractivity contribution in [2.24, 2.45) is 10.7 Å². The van der Waals surface area contributed by atoms with Gasteiger partial charge in [0, 0.05) is 25.7 Å². The van der Waals surface area contributed by atoms with Gasteiger partial charge >= 0.3 is 0 Å². The maximum Gasteiger partial charge on any atom is 0.0936 e. The number of hydrogen-bond donors (Lipinski definition) is 1. The van der Waals surface area contributed by atoms with Crippen LogP contribution in [0, 0.1) is 0 Å². The molecule has 0 bridgehead atoms.